The maximum Gasteiger partial charge on any atom is 0.303 e. The molecule has 0 bridgehead atoms. The van der Waals surface area contributed by atoms with Crippen LogP contribution >= 0.6 is 11.8 Å². The van der Waals surface area contributed by atoms with E-state index in [0.717, 1.165) is 33.5 Å². The van der Waals surface area contributed by atoms with Crippen molar-refractivity contribution in [1.82, 2.24) is 4.98 Å². The molecule has 1 amide bonds. The van der Waals surface area contributed by atoms with Gasteiger partial charge in [0.2, 0.25) is 5.91 Å². The van der Waals surface area contributed by atoms with Gasteiger partial charge in [-0.3, -0.25) is 9.59 Å². The van der Waals surface area contributed by atoms with Crippen molar-refractivity contribution in [2.24, 2.45) is 0 Å². The van der Waals surface area contributed by atoms with Crippen LogP contribution in [-0.4, -0.2) is 38.9 Å². The van der Waals surface area contributed by atoms with Crippen molar-refractivity contribution >= 4 is 29.3 Å². The number of oxazole rings is 1. The Morgan fingerprint density at radius 2 is 1.56 bits per heavy atom. The van der Waals surface area contributed by atoms with Crippen LogP contribution in [-0.2, 0) is 25.7 Å². The first-order valence-electron chi connectivity index (χ1n) is 15.8. The number of anilines is 1. The molecule has 1 fully saturated rings. The first-order valence-corrected chi connectivity index (χ1v) is 16.8. The number of aliphatic hydroxyl groups is 1. The van der Waals surface area contributed by atoms with Crippen LogP contribution in [0.4, 0.5) is 5.69 Å². The van der Waals surface area contributed by atoms with Gasteiger partial charge in [0.05, 0.1) is 18.8 Å². The van der Waals surface area contributed by atoms with Crippen molar-refractivity contribution in [3.63, 3.8) is 0 Å². The first-order chi connectivity index (χ1) is 23.4. The van der Waals surface area contributed by atoms with E-state index in [1.54, 1.807) is 6.07 Å². The second-order valence-electron chi connectivity index (χ2n) is 11.5. The normalized spacial score (nSPS) is 17.6. The number of carbonyl (C=O) groups excluding carboxylic acids is 1. The monoisotopic (exact) mass is 664 g/mol. The summed E-state index contributed by atoms with van der Waals surface area (Å²) in [5.41, 5.74) is 5.77. The van der Waals surface area contributed by atoms with Crippen molar-refractivity contribution in [3.8, 4) is 22.6 Å². The Balaban J connectivity index is 1.21. The molecule has 0 radical (unpaired) electrons. The lowest BCUT2D eigenvalue weighted by molar-refractivity contribution is -0.245. The van der Waals surface area contributed by atoms with Crippen LogP contribution in [0.3, 0.4) is 0 Å². The maximum absolute atomic E-state index is 12.4. The average Bonchev–Trinajstić information content (AvgIpc) is 3.56. The van der Waals surface area contributed by atoms with E-state index in [0.29, 0.717) is 28.8 Å². The summed E-state index contributed by atoms with van der Waals surface area (Å²) < 4.78 is 19.4. The van der Waals surface area contributed by atoms with E-state index in [1.807, 2.05) is 103 Å². The van der Waals surface area contributed by atoms with Gasteiger partial charge >= 0.3 is 5.97 Å². The Labute approximate surface area is 282 Å². The minimum Gasteiger partial charge on any atom is -0.481 e. The number of thioether (sulfide) groups is 1. The molecular weight excluding hydrogens is 628 g/mol. The van der Waals surface area contributed by atoms with E-state index in [2.05, 4.69) is 5.32 Å². The lowest BCUT2D eigenvalue weighted by atomic mass is 10.0. The van der Waals surface area contributed by atoms with Crippen molar-refractivity contribution in [2.75, 3.05) is 11.1 Å². The van der Waals surface area contributed by atoms with Crippen molar-refractivity contribution in [2.45, 2.75) is 56.0 Å². The topological polar surface area (TPSA) is 131 Å². The Morgan fingerprint density at radius 1 is 0.833 bits per heavy atom. The first kappa shape index (κ1) is 33.2. The highest BCUT2D eigenvalue weighted by Gasteiger charge is 2.33. The van der Waals surface area contributed by atoms with Gasteiger partial charge in [-0.25, -0.2) is 4.98 Å². The highest BCUT2D eigenvalue weighted by Crippen LogP contribution is 2.41. The van der Waals surface area contributed by atoms with E-state index >= 15 is 0 Å². The van der Waals surface area contributed by atoms with Crippen molar-refractivity contribution in [1.29, 1.82) is 0 Å². The van der Waals surface area contributed by atoms with Gasteiger partial charge in [-0.15, -0.1) is 0 Å². The van der Waals surface area contributed by atoms with Crippen LogP contribution < -0.4 is 5.32 Å². The zero-order valence-electron chi connectivity index (χ0n) is 26.2. The maximum atomic E-state index is 12.4. The summed E-state index contributed by atoms with van der Waals surface area (Å²) in [4.78, 5) is 28.2. The minimum absolute atomic E-state index is 0.0439. The summed E-state index contributed by atoms with van der Waals surface area (Å²) in [6.07, 6.45) is -0.364. The predicted octanol–water partition coefficient (Wildman–Crippen LogP) is 8.03. The van der Waals surface area contributed by atoms with Crippen LogP contribution in [0.1, 0.15) is 54.8 Å². The van der Waals surface area contributed by atoms with Crippen LogP contribution in [0.25, 0.3) is 22.6 Å². The molecular formula is C38H36N2O7S. The lowest BCUT2D eigenvalue weighted by Gasteiger charge is -2.36. The largest absolute Gasteiger partial charge is 0.481 e. The van der Waals surface area contributed by atoms with Gasteiger partial charge in [0, 0.05) is 47.4 Å². The standard InChI is InChI=1S/C38H36N2O7S/c41-23-25-17-19-26(20-18-25)32-22-31(45-37(46-32)29-13-7-14-30(21-29)39-33(42)15-8-16-34(43)44)24-48-38-40-35(27-9-3-1-4-10-27)36(47-38)28-11-5-2-6-12-28/h1-7,9-14,17-21,31-32,37,41H,8,15-16,22-24H2,(H,39,42)(H,43,44). The molecule has 1 aliphatic heterocycles. The summed E-state index contributed by atoms with van der Waals surface area (Å²) in [6, 6.07) is 34.9. The number of aromatic nitrogens is 1. The molecule has 0 aliphatic carbocycles. The third-order valence-corrected chi connectivity index (χ3v) is 8.90. The molecule has 0 saturated carbocycles. The molecule has 10 heteroatoms. The van der Waals surface area contributed by atoms with Gasteiger partial charge in [0.25, 0.3) is 5.22 Å². The third kappa shape index (κ3) is 8.59. The van der Waals surface area contributed by atoms with Gasteiger partial charge in [0.15, 0.2) is 12.1 Å². The third-order valence-electron chi connectivity index (χ3n) is 7.94. The SMILES string of the molecule is O=C(O)CCCC(=O)Nc1cccc(C2OC(CSc3nc(-c4ccccc4)c(-c4ccccc4)o3)CC(c3ccc(CO)cc3)O2)c1. The molecule has 5 aromatic rings. The zero-order valence-corrected chi connectivity index (χ0v) is 27.0. The van der Waals surface area contributed by atoms with Crippen molar-refractivity contribution in [3.05, 3.63) is 126 Å². The molecule has 3 unspecified atom stereocenters. The average molecular weight is 665 g/mol. The Morgan fingerprint density at radius 3 is 2.27 bits per heavy atom. The second-order valence-corrected chi connectivity index (χ2v) is 12.4. The van der Waals surface area contributed by atoms with E-state index < -0.39 is 12.3 Å². The Hall–Kier alpha value is -4.74. The summed E-state index contributed by atoms with van der Waals surface area (Å²) in [7, 11) is 0. The molecule has 2 heterocycles. The van der Waals surface area contributed by atoms with E-state index in [-0.39, 0.29) is 44.0 Å². The van der Waals surface area contributed by atoms with Crippen LogP contribution in [0.15, 0.2) is 119 Å². The molecule has 9 nitrogen and oxygen atoms in total. The number of amides is 1. The number of hydrogen-bond donors (Lipinski definition) is 3. The predicted molar refractivity (Wildman–Crippen MR) is 183 cm³/mol. The van der Waals surface area contributed by atoms with E-state index in [9.17, 15) is 14.7 Å². The summed E-state index contributed by atoms with van der Waals surface area (Å²) >= 11 is 1.48. The molecule has 0 spiro atoms. The smallest absolute Gasteiger partial charge is 0.303 e. The van der Waals surface area contributed by atoms with Gasteiger partial charge < -0.3 is 29.4 Å². The number of rotatable bonds is 13. The number of aliphatic hydroxyl groups excluding tert-OH is 1. The molecule has 246 valence electrons. The quantitative estimate of drug-likeness (QED) is 0.107. The van der Waals surface area contributed by atoms with Crippen LogP contribution in [0.2, 0.25) is 0 Å². The molecule has 1 aliphatic rings. The molecule has 48 heavy (non-hydrogen) atoms. The summed E-state index contributed by atoms with van der Waals surface area (Å²) in [5.74, 6) is 0.0684. The highest BCUT2D eigenvalue weighted by atomic mass is 32.2. The van der Waals surface area contributed by atoms with Gasteiger partial charge in [-0.05, 0) is 29.7 Å². The molecule has 6 rings (SSSR count). The number of nitrogens with zero attached hydrogens (tertiary/aromatic N) is 1. The van der Waals surface area contributed by atoms with E-state index in [1.165, 1.54) is 11.8 Å². The van der Waals surface area contributed by atoms with Gasteiger partial charge in [-0.2, -0.15) is 0 Å². The highest BCUT2D eigenvalue weighted by molar-refractivity contribution is 7.99. The van der Waals surface area contributed by atoms with Gasteiger partial charge in [-0.1, -0.05) is 109 Å². The molecule has 4 aromatic carbocycles. The summed E-state index contributed by atoms with van der Waals surface area (Å²) in [6.45, 7) is -0.0439. The van der Waals surface area contributed by atoms with Crippen LogP contribution in [0.5, 0.6) is 0 Å². The fourth-order valence-electron chi connectivity index (χ4n) is 5.51. The Kier molecular flexibility index (Phi) is 11.0. The number of nitrogens with one attached hydrogen (secondary N) is 1. The Bertz CT molecular complexity index is 1760. The van der Waals surface area contributed by atoms with Gasteiger partial charge in [0.1, 0.15) is 5.69 Å². The molecule has 3 N–H and O–H groups in total. The number of ether oxygens (including phenoxy) is 2. The minimum atomic E-state index is -0.930. The fraction of sp³-hybridized carbons (Fsp3) is 0.237. The molecule has 1 saturated heterocycles. The fourth-order valence-corrected chi connectivity index (χ4v) is 6.35. The lowest BCUT2D eigenvalue weighted by Crippen LogP contribution is -2.31. The number of benzene rings is 4. The number of carboxylic acids is 1. The van der Waals surface area contributed by atoms with Crippen LogP contribution in [0, 0.1) is 0 Å². The molecule has 1 aromatic heterocycles. The van der Waals surface area contributed by atoms with Crippen molar-refractivity contribution < 1.29 is 33.7 Å². The van der Waals surface area contributed by atoms with E-state index in [4.69, 9.17) is 24.0 Å². The second kappa shape index (κ2) is 15.9. The number of carboxylic acid groups (broad SMARTS) is 1. The summed E-state index contributed by atoms with van der Waals surface area (Å²) in [5, 5.41) is 21.8. The molecule has 3 atom stereocenters. The number of aliphatic carboxylic acids is 1. The number of carbonyl (C=O) groups is 2. The number of hydrogen-bond acceptors (Lipinski definition) is 8. The zero-order chi connectivity index (χ0) is 33.3.